The van der Waals surface area contributed by atoms with E-state index in [9.17, 15) is 19.8 Å². The molecule has 9 nitrogen and oxygen atoms in total. The van der Waals surface area contributed by atoms with Gasteiger partial charge >= 0.3 is 5.91 Å². The van der Waals surface area contributed by atoms with Gasteiger partial charge in [-0.3, -0.25) is 14.5 Å². The molecule has 1 fully saturated rings. The molecule has 2 N–H and O–H groups in total. The number of fused-ring (bicyclic) bond motifs is 2. The van der Waals surface area contributed by atoms with Crippen LogP contribution in [0.2, 0.25) is 5.02 Å². The van der Waals surface area contributed by atoms with Crippen LogP contribution >= 0.6 is 38.9 Å². The summed E-state index contributed by atoms with van der Waals surface area (Å²) in [6, 6.07) is 11.9. The second-order valence-electron chi connectivity index (χ2n) is 8.69. The van der Waals surface area contributed by atoms with Crippen molar-refractivity contribution >= 4 is 71.7 Å². The fourth-order valence-electron chi connectivity index (χ4n) is 4.59. The zero-order valence-corrected chi connectivity index (χ0v) is 23.3. The number of carbonyl (C=O) groups excluding carboxylic acids is 2. The van der Waals surface area contributed by atoms with Gasteiger partial charge in [0, 0.05) is 10.6 Å². The van der Waals surface area contributed by atoms with Crippen LogP contribution in [0.3, 0.4) is 0 Å². The van der Waals surface area contributed by atoms with Crippen LogP contribution in [0.1, 0.15) is 17.2 Å². The van der Waals surface area contributed by atoms with Crippen LogP contribution in [-0.2, 0) is 9.59 Å². The number of carbonyl (C=O) groups is 2. The second kappa shape index (κ2) is 9.74. The monoisotopic (exact) mass is 628 g/mol. The predicted octanol–water partition coefficient (Wildman–Crippen LogP) is 5.82. The summed E-state index contributed by atoms with van der Waals surface area (Å²) in [6.45, 7) is 0.735. The molecule has 2 aliphatic rings. The van der Waals surface area contributed by atoms with Gasteiger partial charge in [0.1, 0.15) is 19.0 Å². The van der Waals surface area contributed by atoms with Gasteiger partial charge in [0.25, 0.3) is 5.78 Å². The molecule has 4 aromatic rings. The Balaban J connectivity index is 1.58. The number of aliphatic hydroxyl groups is 1. The summed E-state index contributed by atoms with van der Waals surface area (Å²) in [6.07, 6.45) is 0. The first kappa shape index (κ1) is 25.5. The van der Waals surface area contributed by atoms with Crippen molar-refractivity contribution in [1.29, 1.82) is 0 Å². The van der Waals surface area contributed by atoms with E-state index in [4.69, 9.17) is 25.8 Å². The predicted molar refractivity (Wildman–Crippen MR) is 149 cm³/mol. The topological polar surface area (TPSA) is 118 Å². The summed E-state index contributed by atoms with van der Waals surface area (Å²) in [7, 11) is 1.38. The SMILES string of the molecule is COc1cc(C2C(=C(O)c3ccc4c(c3)OCCO4)C(=O)C(=O)N2c2nc3ccc(Cl)cc3s2)cc(Br)c1O. The molecule has 0 radical (unpaired) electrons. The number of aromatic nitrogens is 1. The number of halogens is 2. The Kier molecular flexibility index (Phi) is 6.37. The third kappa shape index (κ3) is 4.26. The first-order valence-electron chi connectivity index (χ1n) is 11.6. The molecule has 1 unspecified atom stereocenters. The van der Waals surface area contributed by atoms with E-state index >= 15 is 0 Å². The summed E-state index contributed by atoms with van der Waals surface area (Å²) in [5, 5.41) is 22.6. The van der Waals surface area contributed by atoms with Gasteiger partial charge in [-0.25, -0.2) is 4.98 Å². The highest BCUT2D eigenvalue weighted by Crippen LogP contribution is 2.48. The highest BCUT2D eigenvalue weighted by Gasteiger charge is 2.48. The Bertz CT molecular complexity index is 1720. The molecule has 1 saturated heterocycles. The number of aliphatic hydroxyl groups excluding tert-OH is 1. The molecule has 3 heterocycles. The number of aromatic hydroxyl groups is 1. The minimum atomic E-state index is -1.10. The van der Waals surface area contributed by atoms with E-state index in [0.29, 0.717) is 40.8 Å². The van der Waals surface area contributed by atoms with Crippen LogP contribution in [0, 0.1) is 0 Å². The van der Waals surface area contributed by atoms with Crippen molar-refractivity contribution in [2.24, 2.45) is 0 Å². The average Bonchev–Trinajstić information content (AvgIpc) is 3.46. The largest absolute Gasteiger partial charge is 0.507 e. The van der Waals surface area contributed by atoms with Crippen LogP contribution in [0.15, 0.2) is 58.6 Å². The number of rotatable bonds is 4. The number of benzene rings is 3. The van der Waals surface area contributed by atoms with Gasteiger partial charge in [-0.1, -0.05) is 22.9 Å². The molecule has 12 heteroatoms. The summed E-state index contributed by atoms with van der Waals surface area (Å²) in [4.78, 5) is 32.9. The molecular formula is C27H18BrClN2O7S. The molecule has 3 aromatic carbocycles. The Morgan fingerprint density at radius 2 is 1.90 bits per heavy atom. The molecule has 6 rings (SSSR count). The van der Waals surface area contributed by atoms with Crippen molar-refractivity contribution in [2.45, 2.75) is 6.04 Å². The lowest BCUT2D eigenvalue weighted by Gasteiger charge is -2.24. The van der Waals surface area contributed by atoms with E-state index in [2.05, 4.69) is 20.9 Å². The molecule has 1 aromatic heterocycles. The molecule has 198 valence electrons. The highest BCUT2D eigenvalue weighted by atomic mass is 79.9. The zero-order chi connectivity index (χ0) is 27.4. The molecule has 1 amide bonds. The van der Waals surface area contributed by atoms with Gasteiger partial charge in [0.2, 0.25) is 0 Å². The molecule has 1 atom stereocenters. The van der Waals surface area contributed by atoms with Gasteiger partial charge in [-0.05, 0) is 70.0 Å². The Morgan fingerprint density at radius 3 is 2.67 bits per heavy atom. The standard InChI is InChI=1S/C27H18BrClN2O7S/c1-36-19-10-13(8-15(28)24(19)33)22-21(23(32)12-2-5-17-18(9-12)38-7-6-37-17)25(34)26(35)31(22)27-30-16-4-3-14(29)11-20(16)39-27/h2-5,8-11,22,32-33H,6-7H2,1H3. The first-order chi connectivity index (χ1) is 18.8. The van der Waals surface area contributed by atoms with Crippen molar-refractivity contribution in [3.8, 4) is 23.0 Å². The number of hydrogen-bond acceptors (Lipinski definition) is 9. The van der Waals surface area contributed by atoms with E-state index in [1.165, 1.54) is 29.4 Å². The molecule has 39 heavy (non-hydrogen) atoms. The summed E-state index contributed by atoms with van der Waals surface area (Å²) in [5.41, 5.74) is 1.10. The Morgan fingerprint density at radius 1 is 1.13 bits per heavy atom. The third-order valence-corrected chi connectivity index (χ3v) is 8.25. The third-order valence-electron chi connectivity index (χ3n) is 6.39. The quantitative estimate of drug-likeness (QED) is 0.165. The van der Waals surface area contributed by atoms with Crippen molar-refractivity contribution in [3.63, 3.8) is 0 Å². The minimum Gasteiger partial charge on any atom is -0.507 e. The molecule has 0 saturated carbocycles. The Labute approximate surface area is 238 Å². The number of nitrogens with zero attached hydrogens (tertiary/aromatic N) is 2. The minimum absolute atomic E-state index is 0.111. The number of phenolic OH excluding ortho intramolecular Hbond substituents is 1. The number of ketones is 1. The molecule has 0 aliphatic carbocycles. The normalized spacial score (nSPS) is 18.1. The zero-order valence-electron chi connectivity index (χ0n) is 20.1. The second-order valence-corrected chi connectivity index (χ2v) is 11.0. The summed E-state index contributed by atoms with van der Waals surface area (Å²) < 4.78 is 17.5. The van der Waals surface area contributed by atoms with Crippen LogP contribution < -0.4 is 19.1 Å². The first-order valence-corrected chi connectivity index (χ1v) is 13.6. The number of Topliss-reactive ketones (excluding diaryl/α,β-unsaturated/α-hetero) is 1. The summed E-state index contributed by atoms with van der Waals surface area (Å²) >= 11 is 10.7. The number of amides is 1. The van der Waals surface area contributed by atoms with Gasteiger partial charge in [0.05, 0.1) is 33.4 Å². The number of hydrogen-bond donors (Lipinski definition) is 2. The number of ether oxygens (including phenoxy) is 3. The van der Waals surface area contributed by atoms with Gasteiger partial charge in [-0.15, -0.1) is 0 Å². The maximum absolute atomic E-state index is 13.6. The molecule has 2 aliphatic heterocycles. The Hall–Kier alpha value is -3.80. The van der Waals surface area contributed by atoms with Crippen LogP contribution in [0.25, 0.3) is 16.0 Å². The maximum Gasteiger partial charge on any atom is 0.301 e. The fourth-order valence-corrected chi connectivity index (χ4v) is 6.32. The molecule has 0 spiro atoms. The van der Waals surface area contributed by atoms with E-state index in [1.807, 2.05) is 0 Å². The number of thiazole rings is 1. The van der Waals surface area contributed by atoms with Crippen molar-refractivity contribution < 1.29 is 34.0 Å². The van der Waals surface area contributed by atoms with Crippen LogP contribution in [-0.4, -0.2) is 47.2 Å². The maximum atomic E-state index is 13.6. The number of methoxy groups -OCH3 is 1. The van der Waals surface area contributed by atoms with Gasteiger partial charge < -0.3 is 24.4 Å². The molecule has 0 bridgehead atoms. The van der Waals surface area contributed by atoms with Gasteiger partial charge in [0.15, 0.2) is 28.1 Å². The summed E-state index contributed by atoms with van der Waals surface area (Å²) in [5.74, 6) is -1.28. The van der Waals surface area contributed by atoms with E-state index in [-0.39, 0.29) is 32.2 Å². The van der Waals surface area contributed by atoms with Crippen molar-refractivity contribution in [1.82, 2.24) is 4.98 Å². The average molecular weight is 630 g/mol. The smallest absolute Gasteiger partial charge is 0.301 e. The van der Waals surface area contributed by atoms with E-state index in [0.717, 1.165) is 4.70 Å². The number of phenols is 1. The van der Waals surface area contributed by atoms with E-state index in [1.54, 1.807) is 42.5 Å². The van der Waals surface area contributed by atoms with Crippen molar-refractivity contribution in [2.75, 3.05) is 25.2 Å². The van der Waals surface area contributed by atoms with E-state index < -0.39 is 23.5 Å². The highest BCUT2D eigenvalue weighted by molar-refractivity contribution is 9.10. The fraction of sp³-hybridized carbons (Fsp3) is 0.148. The van der Waals surface area contributed by atoms with Crippen LogP contribution in [0.4, 0.5) is 5.13 Å². The lowest BCUT2D eigenvalue weighted by Crippen LogP contribution is -2.29. The lowest BCUT2D eigenvalue weighted by molar-refractivity contribution is -0.132. The van der Waals surface area contributed by atoms with Crippen LogP contribution in [0.5, 0.6) is 23.0 Å². The van der Waals surface area contributed by atoms with Crippen molar-refractivity contribution in [3.05, 3.63) is 74.7 Å². The molecular weight excluding hydrogens is 612 g/mol. The van der Waals surface area contributed by atoms with Gasteiger partial charge in [-0.2, -0.15) is 0 Å². The number of anilines is 1. The lowest BCUT2D eigenvalue weighted by atomic mass is 9.95.